The van der Waals surface area contributed by atoms with E-state index in [1.54, 1.807) is 13.1 Å². The SMILES string of the molecule is CC1OC(=O)NC12CC1=C(c3ccn(C(F)F)n3)[C@H](c3ccc(F)cc3Cl)N=C(c3nccs3)N1C2. The molecule has 3 atom stereocenters. The summed E-state index contributed by atoms with van der Waals surface area (Å²) in [4.78, 5) is 23.5. The molecule has 0 bridgehead atoms. The van der Waals surface area contributed by atoms with Crippen LogP contribution in [-0.4, -0.2) is 49.8 Å². The zero-order valence-electron chi connectivity index (χ0n) is 18.7. The van der Waals surface area contributed by atoms with Crippen LogP contribution < -0.4 is 5.32 Å². The number of nitrogens with one attached hydrogen (secondary N) is 1. The number of fused-ring (bicyclic) bond motifs is 1. The summed E-state index contributed by atoms with van der Waals surface area (Å²) in [5.41, 5.74) is 1.24. The highest BCUT2D eigenvalue weighted by Crippen LogP contribution is 2.49. The number of nitrogens with zero attached hydrogens (tertiary/aromatic N) is 5. The van der Waals surface area contributed by atoms with Gasteiger partial charge in [0.2, 0.25) is 0 Å². The first-order valence-corrected chi connectivity index (χ1v) is 12.3. The minimum atomic E-state index is -2.83. The van der Waals surface area contributed by atoms with Crippen molar-refractivity contribution in [1.82, 2.24) is 25.0 Å². The maximum Gasteiger partial charge on any atom is 0.408 e. The first-order valence-electron chi connectivity index (χ1n) is 11.0. The van der Waals surface area contributed by atoms with Crippen LogP contribution in [0.25, 0.3) is 5.57 Å². The van der Waals surface area contributed by atoms with Gasteiger partial charge in [-0.1, -0.05) is 17.7 Å². The largest absolute Gasteiger partial charge is 0.444 e. The predicted octanol–water partition coefficient (Wildman–Crippen LogP) is 5.01. The molecule has 36 heavy (non-hydrogen) atoms. The molecule has 1 spiro atoms. The topological polar surface area (TPSA) is 84.6 Å². The van der Waals surface area contributed by atoms with Crippen molar-refractivity contribution < 1.29 is 22.7 Å². The molecule has 2 aromatic heterocycles. The molecule has 6 rings (SSSR count). The highest BCUT2D eigenvalue weighted by molar-refractivity contribution is 7.11. The summed E-state index contributed by atoms with van der Waals surface area (Å²) in [6.07, 6.45) is 2.18. The third-order valence-corrected chi connectivity index (χ3v) is 7.81. The number of thiazole rings is 1. The van der Waals surface area contributed by atoms with Crippen LogP contribution in [0.3, 0.4) is 0 Å². The monoisotopic (exact) mass is 534 g/mol. The number of aliphatic imine (C=N–C) groups is 1. The molecule has 3 aromatic rings. The van der Waals surface area contributed by atoms with Crippen LogP contribution in [0.2, 0.25) is 5.02 Å². The molecular formula is C23H18ClF3N6O2S. The molecule has 1 aromatic carbocycles. The van der Waals surface area contributed by atoms with Crippen molar-refractivity contribution in [3.63, 3.8) is 0 Å². The molecule has 2 unspecified atom stereocenters. The fraction of sp³-hybridized carbons (Fsp3) is 0.304. The third-order valence-electron chi connectivity index (χ3n) is 6.72. The molecule has 8 nitrogen and oxygen atoms in total. The van der Waals surface area contributed by atoms with Crippen molar-refractivity contribution in [2.24, 2.45) is 4.99 Å². The van der Waals surface area contributed by atoms with Gasteiger partial charge < -0.3 is 15.0 Å². The third kappa shape index (κ3) is 3.58. The Bertz CT molecular complexity index is 1420. The molecule has 1 N–H and O–H groups in total. The number of amidine groups is 1. The molecule has 0 radical (unpaired) electrons. The lowest BCUT2D eigenvalue weighted by atomic mass is 9.88. The molecule has 0 aliphatic carbocycles. The Labute approximate surface area is 212 Å². The van der Waals surface area contributed by atoms with Crippen molar-refractivity contribution >= 4 is 40.4 Å². The number of ether oxygens (including phenoxy) is 1. The summed E-state index contributed by atoms with van der Waals surface area (Å²) < 4.78 is 46.8. The molecule has 13 heteroatoms. The number of rotatable bonds is 4. The van der Waals surface area contributed by atoms with E-state index in [0.29, 0.717) is 39.6 Å². The first kappa shape index (κ1) is 23.0. The summed E-state index contributed by atoms with van der Waals surface area (Å²) in [5, 5.41) is 9.64. The Morgan fingerprint density at radius 1 is 1.33 bits per heavy atom. The fourth-order valence-electron chi connectivity index (χ4n) is 4.98. The van der Waals surface area contributed by atoms with E-state index in [1.807, 2.05) is 10.3 Å². The lowest BCUT2D eigenvalue weighted by molar-refractivity contribution is 0.0564. The molecule has 3 aliphatic heterocycles. The van der Waals surface area contributed by atoms with Gasteiger partial charge in [0.25, 0.3) is 0 Å². The highest BCUT2D eigenvalue weighted by atomic mass is 35.5. The van der Waals surface area contributed by atoms with Gasteiger partial charge in [0, 0.05) is 46.1 Å². The van der Waals surface area contributed by atoms with Crippen LogP contribution in [0.4, 0.5) is 18.0 Å². The van der Waals surface area contributed by atoms with Crippen molar-refractivity contribution in [3.8, 4) is 0 Å². The predicted molar refractivity (Wildman–Crippen MR) is 126 cm³/mol. The highest BCUT2D eigenvalue weighted by Gasteiger charge is 2.55. The lowest BCUT2D eigenvalue weighted by Gasteiger charge is -2.32. The Morgan fingerprint density at radius 2 is 2.17 bits per heavy atom. The van der Waals surface area contributed by atoms with E-state index in [2.05, 4.69) is 15.4 Å². The summed E-state index contributed by atoms with van der Waals surface area (Å²) in [5.74, 6) is 0.0219. The number of alkyl halides is 2. The van der Waals surface area contributed by atoms with Gasteiger partial charge in [0.1, 0.15) is 23.5 Å². The standard InChI is InChI=1S/C23H18ClF3N6O2S/c1-11-23(30-22(34)35-11)9-16-17(15-4-6-33(31-15)21(26)27)18(13-3-2-12(25)8-14(13)24)29-19(32(16)10-23)20-28-5-7-36-20/h2-8,11,18,21H,9-10H2,1H3,(H,30,34)/t11?,18-,23?/m0/s1. The van der Waals surface area contributed by atoms with Crippen LogP contribution in [0, 0.1) is 5.82 Å². The number of carbonyl (C=O) groups excluding carboxylic acids is 1. The van der Waals surface area contributed by atoms with Crippen molar-refractivity contribution in [2.75, 3.05) is 6.54 Å². The maximum atomic E-state index is 13.9. The van der Waals surface area contributed by atoms with Gasteiger partial charge in [0.15, 0.2) is 10.8 Å². The fourth-order valence-corrected chi connectivity index (χ4v) is 5.89. The molecule has 3 aliphatic rings. The molecule has 5 heterocycles. The number of alkyl carbamates (subject to hydrolysis) is 1. The van der Waals surface area contributed by atoms with Gasteiger partial charge in [-0.2, -0.15) is 13.9 Å². The van der Waals surface area contributed by atoms with E-state index >= 15 is 0 Å². The second kappa shape index (κ2) is 8.34. The second-order valence-electron chi connectivity index (χ2n) is 8.77. The number of hydrogen-bond donors (Lipinski definition) is 1. The van der Waals surface area contributed by atoms with Gasteiger partial charge in [-0.3, -0.25) is 4.99 Å². The number of amides is 1. The number of benzene rings is 1. The summed E-state index contributed by atoms with van der Waals surface area (Å²) >= 11 is 7.85. The smallest absolute Gasteiger partial charge is 0.408 e. The maximum absolute atomic E-state index is 13.9. The van der Waals surface area contributed by atoms with Crippen molar-refractivity contribution in [2.45, 2.75) is 37.6 Å². The molecule has 2 fully saturated rings. The van der Waals surface area contributed by atoms with E-state index in [1.165, 1.54) is 41.8 Å². The van der Waals surface area contributed by atoms with E-state index in [4.69, 9.17) is 21.3 Å². The number of aromatic nitrogens is 3. The number of hydrogen-bond acceptors (Lipinski definition) is 7. The summed E-state index contributed by atoms with van der Waals surface area (Å²) in [6, 6.07) is 4.69. The van der Waals surface area contributed by atoms with E-state index in [-0.39, 0.29) is 10.7 Å². The quantitative estimate of drug-likeness (QED) is 0.508. The molecule has 1 amide bonds. The van der Waals surface area contributed by atoms with Crippen LogP contribution in [0.5, 0.6) is 0 Å². The van der Waals surface area contributed by atoms with Gasteiger partial charge in [-0.15, -0.1) is 11.3 Å². The molecule has 0 saturated carbocycles. The summed E-state index contributed by atoms with van der Waals surface area (Å²) in [7, 11) is 0. The number of halogens is 4. The Balaban J connectivity index is 1.59. The van der Waals surface area contributed by atoms with Crippen LogP contribution in [0.1, 0.15) is 42.2 Å². The van der Waals surface area contributed by atoms with Crippen LogP contribution in [-0.2, 0) is 4.74 Å². The normalized spacial score (nSPS) is 25.4. The minimum absolute atomic E-state index is 0.140. The van der Waals surface area contributed by atoms with Gasteiger partial charge >= 0.3 is 12.6 Å². The number of carbonyl (C=O) groups is 1. The average molecular weight is 535 g/mol. The van der Waals surface area contributed by atoms with E-state index in [0.717, 1.165) is 5.70 Å². The van der Waals surface area contributed by atoms with E-state index in [9.17, 15) is 18.0 Å². The van der Waals surface area contributed by atoms with E-state index < -0.39 is 36.1 Å². The molecule has 2 saturated heterocycles. The second-order valence-corrected chi connectivity index (χ2v) is 10.1. The zero-order valence-corrected chi connectivity index (χ0v) is 20.2. The Morgan fingerprint density at radius 3 is 2.81 bits per heavy atom. The van der Waals surface area contributed by atoms with Gasteiger partial charge in [-0.05, 0) is 25.1 Å². The summed E-state index contributed by atoms with van der Waals surface area (Å²) in [6.45, 7) is -0.698. The average Bonchev–Trinajstić information content (AvgIpc) is 3.60. The van der Waals surface area contributed by atoms with Crippen LogP contribution in [0.15, 0.2) is 52.7 Å². The zero-order chi connectivity index (χ0) is 25.2. The van der Waals surface area contributed by atoms with Gasteiger partial charge in [-0.25, -0.2) is 18.9 Å². The van der Waals surface area contributed by atoms with Crippen molar-refractivity contribution in [1.29, 1.82) is 0 Å². The lowest BCUT2D eigenvalue weighted by Crippen LogP contribution is -2.50. The minimum Gasteiger partial charge on any atom is -0.444 e. The first-order chi connectivity index (χ1) is 17.3. The molecular weight excluding hydrogens is 517 g/mol. The molecule has 186 valence electrons. The van der Waals surface area contributed by atoms with Crippen molar-refractivity contribution in [3.05, 3.63) is 74.8 Å². The Hall–Kier alpha value is -3.38. The number of cyclic esters (lactones) is 1. The van der Waals surface area contributed by atoms with Gasteiger partial charge in [0.05, 0.1) is 12.2 Å². The Kier molecular flexibility index (Phi) is 5.34. The van der Waals surface area contributed by atoms with Crippen LogP contribution >= 0.6 is 22.9 Å².